The lowest BCUT2D eigenvalue weighted by Crippen LogP contribution is -1.94. The summed E-state index contributed by atoms with van der Waals surface area (Å²) in [4.78, 5) is 0. The van der Waals surface area contributed by atoms with E-state index in [2.05, 4.69) is 0 Å². The van der Waals surface area contributed by atoms with Crippen molar-refractivity contribution in [3.8, 4) is 0 Å². The third kappa shape index (κ3) is 5.36. The summed E-state index contributed by atoms with van der Waals surface area (Å²) in [5.74, 6) is -0.331. The van der Waals surface area contributed by atoms with E-state index >= 15 is 0 Å². The summed E-state index contributed by atoms with van der Waals surface area (Å²) in [6.45, 7) is -0.190. The van der Waals surface area contributed by atoms with Gasteiger partial charge in [0.15, 0.2) is 5.30 Å². The standard InChI is InChI=1S/C7H7FOP.CH2F2/c1-10(9)7-4-2-3-6(8)5-7;2-1-3/h2-5H,1H3;1H2/q+1;. The Morgan fingerprint density at radius 2 is 1.92 bits per heavy atom. The zero-order valence-electron chi connectivity index (χ0n) is 7.01. The maximum atomic E-state index is 12.4. The van der Waals surface area contributed by atoms with Crippen molar-refractivity contribution < 1.29 is 17.7 Å². The molecule has 0 heterocycles. The minimum absolute atomic E-state index is 0.331. The molecule has 72 valence electrons. The molecule has 1 rings (SSSR count). The fourth-order valence-corrected chi connectivity index (χ4v) is 1.27. The van der Waals surface area contributed by atoms with Crippen molar-refractivity contribution in [1.29, 1.82) is 0 Å². The molecule has 0 bridgehead atoms. The molecule has 0 fully saturated rings. The Labute approximate surface area is 75.4 Å². The summed E-state index contributed by atoms with van der Waals surface area (Å²) < 4.78 is 42.4. The van der Waals surface area contributed by atoms with Crippen molar-refractivity contribution in [2.45, 2.75) is 0 Å². The van der Waals surface area contributed by atoms with E-state index in [-0.39, 0.29) is 5.82 Å². The first-order valence-corrected chi connectivity index (χ1v) is 5.11. The number of hydrogen-bond donors (Lipinski definition) is 0. The molecule has 0 aromatic heterocycles. The molecule has 0 saturated carbocycles. The molecule has 1 aromatic carbocycles. The molecular formula is C8H9F3OP+. The topological polar surface area (TPSA) is 17.1 Å². The Morgan fingerprint density at radius 1 is 1.38 bits per heavy atom. The molecular weight excluding hydrogens is 200 g/mol. The summed E-state index contributed by atoms with van der Waals surface area (Å²) in [5.41, 5.74) is 0. The highest BCUT2D eigenvalue weighted by atomic mass is 31.1. The molecule has 1 unspecified atom stereocenters. The molecule has 0 amide bonds. The van der Waals surface area contributed by atoms with Gasteiger partial charge in [-0.2, -0.15) is 0 Å². The Kier molecular flexibility index (Phi) is 6.15. The van der Waals surface area contributed by atoms with Crippen LogP contribution in [-0.2, 0) is 4.57 Å². The van der Waals surface area contributed by atoms with E-state index < -0.39 is 14.7 Å². The molecule has 0 aliphatic carbocycles. The lowest BCUT2D eigenvalue weighted by Gasteiger charge is -1.84. The molecule has 0 aliphatic rings. The van der Waals surface area contributed by atoms with Crippen LogP contribution in [0.4, 0.5) is 13.2 Å². The maximum Gasteiger partial charge on any atom is 0.373 e. The second-order valence-electron chi connectivity index (χ2n) is 2.08. The smallest absolute Gasteiger partial charge is 0.214 e. The molecule has 0 radical (unpaired) electrons. The van der Waals surface area contributed by atoms with Crippen LogP contribution in [0.25, 0.3) is 0 Å². The van der Waals surface area contributed by atoms with E-state index in [9.17, 15) is 17.7 Å². The first-order valence-electron chi connectivity index (χ1n) is 3.40. The fourth-order valence-electron chi connectivity index (χ4n) is 0.672. The first kappa shape index (κ1) is 12.1. The second kappa shape index (κ2) is 6.61. The number of benzene rings is 1. The van der Waals surface area contributed by atoms with Gasteiger partial charge in [-0.05, 0) is 12.1 Å². The number of halogens is 3. The van der Waals surface area contributed by atoms with Gasteiger partial charge in [-0.1, -0.05) is 10.6 Å². The molecule has 13 heavy (non-hydrogen) atoms. The van der Waals surface area contributed by atoms with Crippen LogP contribution in [0.1, 0.15) is 0 Å². The average Bonchev–Trinajstić information content (AvgIpc) is 2.05. The predicted molar refractivity (Wildman–Crippen MR) is 46.6 cm³/mol. The minimum Gasteiger partial charge on any atom is -0.214 e. The summed E-state index contributed by atoms with van der Waals surface area (Å²) in [7, 11) is -1.40. The van der Waals surface area contributed by atoms with Crippen LogP contribution in [0.3, 0.4) is 0 Å². The van der Waals surface area contributed by atoms with Gasteiger partial charge >= 0.3 is 7.80 Å². The molecule has 0 spiro atoms. The summed E-state index contributed by atoms with van der Waals surface area (Å²) in [6, 6.07) is 5.84. The van der Waals surface area contributed by atoms with Crippen LogP contribution in [0.5, 0.6) is 0 Å². The quantitative estimate of drug-likeness (QED) is 0.650. The zero-order valence-corrected chi connectivity index (χ0v) is 7.90. The highest BCUT2D eigenvalue weighted by Crippen LogP contribution is 2.12. The number of alkyl halides is 2. The van der Waals surface area contributed by atoms with Crippen LogP contribution < -0.4 is 5.30 Å². The molecule has 0 aliphatic heterocycles. The van der Waals surface area contributed by atoms with E-state index in [0.717, 1.165) is 0 Å². The molecule has 1 nitrogen and oxygen atoms in total. The van der Waals surface area contributed by atoms with Gasteiger partial charge in [0.1, 0.15) is 12.5 Å². The van der Waals surface area contributed by atoms with Crippen molar-refractivity contribution in [2.75, 3.05) is 13.6 Å². The van der Waals surface area contributed by atoms with E-state index in [1.54, 1.807) is 18.8 Å². The van der Waals surface area contributed by atoms with Crippen molar-refractivity contribution in [1.82, 2.24) is 0 Å². The van der Waals surface area contributed by atoms with E-state index in [1.165, 1.54) is 12.1 Å². The molecule has 0 N–H and O–H groups in total. The Balaban J connectivity index is 0.000000424. The van der Waals surface area contributed by atoms with E-state index in [0.29, 0.717) is 5.30 Å². The zero-order chi connectivity index (χ0) is 10.3. The highest BCUT2D eigenvalue weighted by molar-refractivity contribution is 7.52. The van der Waals surface area contributed by atoms with E-state index in [4.69, 9.17) is 0 Å². The largest absolute Gasteiger partial charge is 0.373 e. The molecule has 0 saturated heterocycles. The lowest BCUT2D eigenvalue weighted by molar-refractivity contribution is 0.295. The van der Waals surface area contributed by atoms with Gasteiger partial charge in [-0.15, -0.1) is 0 Å². The highest BCUT2D eigenvalue weighted by Gasteiger charge is 2.10. The Morgan fingerprint density at radius 3 is 2.23 bits per heavy atom. The second-order valence-corrected chi connectivity index (χ2v) is 3.59. The predicted octanol–water partition coefficient (Wildman–Crippen LogP) is 2.79. The van der Waals surface area contributed by atoms with Crippen LogP contribution in [0, 0.1) is 5.82 Å². The lowest BCUT2D eigenvalue weighted by atomic mass is 10.4. The van der Waals surface area contributed by atoms with Gasteiger partial charge in [0.2, 0.25) is 6.93 Å². The van der Waals surface area contributed by atoms with Crippen LogP contribution in [-0.4, -0.2) is 13.6 Å². The van der Waals surface area contributed by atoms with Gasteiger partial charge in [0.25, 0.3) is 0 Å². The Hall–Kier alpha value is -0.890. The van der Waals surface area contributed by atoms with Gasteiger partial charge in [-0.25, -0.2) is 13.2 Å². The number of hydrogen-bond acceptors (Lipinski definition) is 1. The summed E-state index contributed by atoms with van der Waals surface area (Å²) in [6.07, 6.45) is 0. The summed E-state index contributed by atoms with van der Waals surface area (Å²) in [5, 5.41) is 0.565. The Bertz CT molecular complexity index is 278. The fraction of sp³-hybridized carbons (Fsp3) is 0.250. The van der Waals surface area contributed by atoms with Crippen molar-refractivity contribution in [3.63, 3.8) is 0 Å². The minimum atomic E-state index is -1.75. The van der Waals surface area contributed by atoms with Gasteiger partial charge in [0, 0.05) is 6.07 Å². The van der Waals surface area contributed by atoms with Gasteiger partial charge in [0.05, 0.1) is 0 Å². The maximum absolute atomic E-state index is 12.4. The van der Waals surface area contributed by atoms with Gasteiger partial charge < -0.3 is 0 Å². The number of rotatable bonds is 1. The van der Waals surface area contributed by atoms with Crippen molar-refractivity contribution in [3.05, 3.63) is 30.1 Å². The normalized spacial score (nSPS) is 10.0. The van der Waals surface area contributed by atoms with Crippen molar-refractivity contribution in [2.24, 2.45) is 0 Å². The average molecular weight is 209 g/mol. The van der Waals surface area contributed by atoms with Crippen LogP contribution in [0.15, 0.2) is 24.3 Å². The molecule has 5 heteroatoms. The van der Waals surface area contributed by atoms with Crippen molar-refractivity contribution >= 4 is 13.1 Å². The third-order valence-corrected chi connectivity index (χ3v) is 2.18. The van der Waals surface area contributed by atoms with Crippen LogP contribution >= 0.6 is 7.80 Å². The summed E-state index contributed by atoms with van der Waals surface area (Å²) >= 11 is 0. The monoisotopic (exact) mass is 209 g/mol. The molecule has 1 aromatic rings. The van der Waals surface area contributed by atoms with Gasteiger partial charge in [-0.3, -0.25) is 0 Å². The first-order chi connectivity index (χ1) is 6.11. The van der Waals surface area contributed by atoms with E-state index in [1.807, 2.05) is 0 Å². The molecule has 1 atom stereocenters. The third-order valence-electron chi connectivity index (χ3n) is 1.17. The van der Waals surface area contributed by atoms with Crippen LogP contribution in [0.2, 0.25) is 0 Å². The SMILES string of the molecule is C[P+](=O)c1cccc(F)c1.FCF.